The first-order valence-electron chi connectivity index (χ1n) is 8.42. The Labute approximate surface area is 158 Å². The number of nitrogens with one attached hydrogen (secondary N) is 1. The summed E-state index contributed by atoms with van der Waals surface area (Å²) in [6.07, 6.45) is 5.83. The van der Waals surface area contributed by atoms with Crippen LogP contribution in [0.25, 0.3) is 16.8 Å². The van der Waals surface area contributed by atoms with Gasteiger partial charge in [-0.05, 0) is 62.1 Å². The number of benzene rings is 1. The average Bonchev–Trinajstić information content (AvgIpc) is 2.69. The molecule has 0 spiro atoms. The lowest BCUT2D eigenvalue weighted by atomic mass is 9.97. The SMILES string of the molecule is C/C=C(\C(=N)c1cccc(C)n1)c1ccnc(-c2ccc(SC)cc2)c1. The van der Waals surface area contributed by atoms with Gasteiger partial charge in [-0.1, -0.05) is 24.3 Å². The maximum atomic E-state index is 8.60. The molecule has 3 nitrogen and oxygen atoms in total. The fourth-order valence-corrected chi connectivity index (χ4v) is 3.20. The van der Waals surface area contributed by atoms with Gasteiger partial charge in [-0.25, -0.2) is 0 Å². The minimum Gasteiger partial charge on any atom is -0.298 e. The Balaban J connectivity index is 1.96. The molecule has 0 atom stereocenters. The van der Waals surface area contributed by atoms with Gasteiger partial charge in [0.2, 0.25) is 0 Å². The summed E-state index contributed by atoms with van der Waals surface area (Å²) >= 11 is 1.72. The summed E-state index contributed by atoms with van der Waals surface area (Å²) in [5.41, 5.74) is 5.81. The summed E-state index contributed by atoms with van der Waals surface area (Å²) < 4.78 is 0. The molecule has 3 aromatic rings. The second kappa shape index (κ2) is 8.11. The Morgan fingerprint density at radius 3 is 2.50 bits per heavy atom. The van der Waals surface area contributed by atoms with E-state index in [1.807, 2.05) is 50.3 Å². The van der Waals surface area contributed by atoms with E-state index in [0.717, 1.165) is 28.1 Å². The Morgan fingerprint density at radius 2 is 1.85 bits per heavy atom. The highest BCUT2D eigenvalue weighted by molar-refractivity contribution is 7.98. The van der Waals surface area contributed by atoms with Crippen LogP contribution in [-0.2, 0) is 0 Å². The number of aromatic nitrogens is 2. The van der Waals surface area contributed by atoms with Gasteiger partial charge in [-0.3, -0.25) is 15.4 Å². The van der Waals surface area contributed by atoms with Gasteiger partial charge in [0.1, 0.15) is 0 Å². The topological polar surface area (TPSA) is 49.6 Å². The van der Waals surface area contributed by atoms with E-state index in [-0.39, 0.29) is 0 Å². The molecule has 2 aromatic heterocycles. The van der Waals surface area contributed by atoms with Crippen LogP contribution in [0.4, 0.5) is 0 Å². The lowest BCUT2D eigenvalue weighted by Crippen LogP contribution is -2.06. The minimum absolute atomic E-state index is 0.422. The molecular formula is C22H21N3S. The minimum atomic E-state index is 0.422. The number of nitrogens with zero attached hydrogens (tertiary/aromatic N) is 2. The zero-order valence-corrected chi connectivity index (χ0v) is 16.0. The third-order valence-electron chi connectivity index (χ3n) is 4.16. The standard InChI is InChI=1S/C22H21N3S/c1-4-19(22(23)20-7-5-6-15(2)25-20)17-12-13-24-21(14-17)16-8-10-18(26-3)11-9-16/h4-14,23H,1-3H3/b19-4-,23-22?. The number of thioether (sulfide) groups is 1. The van der Waals surface area contributed by atoms with Crippen LogP contribution in [0, 0.1) is 12.3 Å². The fraction of sp³-hybridized carbons (Fsp3) is 0.136. The highest BCUT2D eigenvalue weighted by Crippen LogP contribution is 2.25. The lowest BCUT2D eigenvalue weighted by molar-refractivity contribution is 1.17. The molecule has 0 saturated carbocycles. The fourth-order valence-electron chi connectivity index (χ4n) is 2.79. The third-order valence-corrected chi connectivity index (χ3v) is 4.90. The lowest BCUT2D eigenvalue weighted by Gasteiger charge is -2.11. The summed E-state index contributed by atoms with van der Waals surface area (Å²) in [7, 11) is 0. The quantitative estimate of drug-likeness (QED) is 0.473. The Kier molecular flexibility index (Phi) is 5.64. The van der Waals surface area contributed by atoms with Crippen LogP contribution in [-0.4, -0.2) is 21.9 Å². The van der Waals surface area contributed by atoms with Crippen LogP contribution in [0.3, 0.4) is 0 Å². The summed E-state index contributed by atoms with van der Waals surface area (Å²) in [6, 6.07) is 18.1. The molecular weight excluding hydrogens is 338 g/mol. The van der Waals surface area contributed by atoms with Crippen molar-refractivity contribution in [1.29, 1.82) is 5.41 Å². The van der Waals surface area contributed by atoms with E-state index in [9.17, 15) is 0 Å². The van der Waals surface area contributed by atoms with Crippen LogP contribution < -0.4 is 0 Å². The van der Waals surface area contributed by atoms with E-state index in [1.165, 1.54) is 4.90 Å². The van der Waals surface area contributed by atoms with Gasteiger partial charge in [0, 0.05) is 27.9 Å². The normalized spacial score (nSPS) is 11.4. The van der Waals surface area contributed by atoms with E-state index in [2.05, 4.69) is 40.5 Å². The number of rotatable bonds is 5. The first-order valence-corrected chi connectivity index (χ1v) is 9.65. The van der Waals surface area contributed by atoms with Crippen LogP contribution in [0.5, 0.6) is 0 Å². The first kappa shape index (κ1) is 18.1. The molecule has 0 aliphatic carbocycles. The maximum absolute atomic E-state index is 8.60. The molecule has 130 valence electrons. The number of aryl methyl sites for hydroxylation is 1. The van der Waals surface area contributed by atoms with Gasteiger partial charge in [0.15, 0.2) is 0 Å². The third kappa shape index (κ3) is 3.92. The average molecular weight is 359 g/mol. The van der Waals surface area contributed by atoms with Gasteiger partial charge in [0.25, 0.3) is 0 Å². The predicted molar refractivity (Wildman–Crippen MR) is 111 cm³/mol. The molecule has 0 aliphatic rings. The van der Waals surface area contributed by atoms with E-state index in [1.54, 1.807) is 18.0 Å². The van der Waals surface area contributed by atoms with E-state index >= 15 is 0 Å². The second-order valence-corrected chi connectivity index (χ2v) is 6.78. The molecule has 0 amide bonds. The Bertz CT molecular complexity index is 959. The van der Waals surface area contributed by atoms with Crippen molar-refractivity contribution in [3.63, 3.8) is 0 Å². The molecule has 0 aliphatic heterocycles. The first-order chi connectivity index (χ1) is 12.6. The molecule has 0 unspecified atom stereocenters. The van der Waals surface area contributed by atoms with Gasteiger partial charge in [-0.15, -0.1) is 11.8 Å². The zero-order valence-electron chi connectivity index (χ0n) is 15.2. The molecule has 0 radical (unpaired) electrons. The van der Waals surface area contributed by atoms with Crippen molar-refractivity contribution in [2.75, 3.05) is 6.26 Å². The number of hydrogen-bond donors (Lipinski definition) is 1. The van der Waals surface area contributed by atoms with E-state index in [0.29, 0.717) is 11.4 Å². The van der Waals surface area contributed by atoms with Crippen molar-refractivity contribution in [2.45, 2.75) is 18.7 Å². The summed E-state index contributed by atoms with van der Waals surface area (Å²) in [5.74, 6) is 0. The number of hydrogen-bond acceptors (Lipinski definition) is 4. The van der Waals surface area contributed by atoms with Crippen molar-refractivity contribution in [2.24, 2.45) is 0 Å². The molecule has 3 rings (SSSR count). The van der Waals surface area contributed by atoms with E-state index < -0.39 is 0 Å². The van der Waals surface area contributed by atoms with Crippen molar-refractivity contribution in [1.82, 2.24) is 9.97 Å². The van der Waals surface area contributed by atoms with Gasteiger partial charge >= 0.3 is 0 Å². The van der Waals surface area contributed by atoms with Crippen molar-refractivity contribution >= 4 is 23.0 Å². The highest BCUT2D eigenvalue weighted by atomic mass is 32.2. The number of allylic oxidation sites excluding steroid dienone is 2. The summed E-state index contributed by atoms with van der Waals surface area (Å²) in [6.45, 7) is 3.89. The molecule has 1 aromatic carbocycles. The van der Waals surface area contributed by atoms with Crippen LogP contribution in [0.15, 0.2) is 71.8 Å². The number of pyridine rings is 2. The Morgan fingerprint density at radius 1 is 1.08 bits per heavy atom. The van der Waals surface area contributed by atoms with Crippen molar-refractivity contribution in [3.05, 3.63) is 83.8 Å². The van der Waals surface area contributed by atoms with Gasteiger partial charge < -0.3 is 0 Å². The van der Waals surface area contributed by atoms with Crippen LogP contribution in [0.2, 0.25) is 0 Å². The van der Waals surface area contributed by atoms with Crippen LogP contribution >= 0.6 is 11.8 Å². The van der Waals surface area contributed by atoms with Crippen molar-refractivity contribution < 1.29 is 0 Å². The van der Waals surface area contributed by atoms with E-state index in [4.69, 9.17) is 5.41 Å². The monoisotopic (exact) mass is 359 g/mol. The zero-order chi connectivity index (χ0) is 18.5. The molecule has 1 N–H and O–H groups in total. The van der Waals surface area contributed by atoms with Crippen LogP contribution in [0.1, 0.15) is 23.9 Å². The largest absolute Gasteiger partial charge is 0.298 e. The van der Waals surface area contributed by atoms with Gasteiger partial charge in [0.05, 0.1) is 17.1 Å². The maximum Gasteiger partial charge on any atom is 0.0888 e. The molecule has 2 heterocycles. The second-order valence-electron chi connectivity index (χ2n) is 5.90. The molecule has 0 saturated heterocycles. The molecule has 4 heteroatoms. The van der Waals surface area contributed by atoms with Gasteiger partial charge in [-0.2, -0.15) is 0 Å². The Hall–Kier alpha value is -2.72. The molecule has 0 fully saturated rings. The smallest absolute Gasteiger partial charge is 0.0888 e. The summed E-state index contributed by atoms with van der Waals surface area (Å²) in [5, 5.41) is 8.60. The summed E-state index contributed by atoms with van der Waals surface area (Å²) in [4.78, 5) is 10.2. The molecule has 0 bridgehead atoms. The van der Waals surface area contributed by atoms with Crippen molar-refractivity contribution in [3.8, 4) is 11.3 Å². The predicted octanol–water partition coefficient (Wildman–Crippen LogP) is 5.65. The highest BCUT2D eigenvalue weighted by Gasteiger charge is 2.12. The molecule has 26 heavy (non-hydrogen) atoms.